The maximum absolute atomic E-state index is 12.4. The number of fused-ring (bicyclic) bond motifs is 1. The molecule has 0 fully saturated rings. The predicted molar refractivity (Wildman–Crippen MR) is 87.5 cm³/mol. The molecule has 3 aromatic rings. The minimum Gasteiger partial charge on any atom is -0.360 e. The van der Waals surface area contributed by atoms with E-state index in [2.05, 4.69) is 10.3 Å². The molecule has 3 nitrogen and oxygen atoms in total. The Morgan fingerprint density at radius 1 is 1.10 bits per heavy atom. The second-order valence-corrected chi connectivity index (χ2v) is 5.68. The molecule has 2 N–H and O–H groups in total. The van der Waals surface area contributed by atoms with E-state index in [0.717, 1.165) is 16.5 Å². The van der Waals surface area contributed by atoms with E-state index >= 15 is 0 Å². The number of benzene rings is 2. The van der Waals surface area contributed by atoms with E-state index in [1.54, 1.807) is 30.5 Å². The molecule has 1 amide bonds. The van der Waals surface area contributed by atoms with Crippen molar-refractivity contribution in [2.45, 2.75) is 6.92 Å². The van der Waals surface area contributed by atoms with E-state index in [-0.39, 0.29) is 5.91 Å². The van der Waals surface area contributed by atoms with Crippen molar-refractivity contribution < 1.29 is 4.79 Å². The summed E-state index contributed by atoms with van der Waals surface area (Å²) in [6, 6.07) is 10.8. The number of anilines is 1. The van der Waals surface area contributed by atoms with Gasteiger partial charge in [-0.05, 0) is 36.8 Å². The van der Waals surface area contributed by atoms with Crippen molar-refractivity contribution in [3.05, 3.63) is 63.8 Å². The minimum absolute atomic E-state index is 0.186. The van der Waals surface area contributed by atoms with Gasteiger partial charge in [0.15, 0.2) is 0 Å². The van der Waals surface area contributed by atoms with Gasteiger partial charge in [0.25, 0.3) is 5.91 Å². The van der Waals surface area contributed by atoms with E-state index in [9.17, 15) is 4.79 Å². The summed E-state index contributed by atoms with van der Waals surface area (Å²) in [4.78, 5) is 15.5. The molecule has 1 aromatic heterocycles. The van der Waals surface area contributed by atoms with Crippen molar-refractivity contribution >= 4 is 45.7 Å². The van der Waals surface area contributed by atoms with Gasteiger partial charge in [0.05, 0.1) is 5.56 Å². The highest BCUT2D eigenvalue weighted by atomic mass is 35.5. The van der Waals surface area contributed by atoms with Crippen LogP contribution in [0.4, 0.5) is 5.69 Å². The van der Waals surface area contributed by atoms with Crippen LogP contribution in [0.5, 0.6) is 0 Å². The number of aromatic amines is 1. The van der Waals surface area contributed by atoms with Crippen LogP contribution in [0.15, 0.2) is 42.6 Å². The lowest BCUT2D eigenvalue weighted by atomic mass is 10.1. The van der Waals surface area contributed by atoms with Crippen LogP contribution in [0, 0.1) is 6.92 Å². The summed E-state index contributed by atoms with van der Waals surface area (Å²) < 4.78 is 0. The molecule has 0 aliphatic rings. The number of aromatic nitrogens is 1. The molecule has 0 saturated carbocycles. The SMILES string of the molecule is Cc1ccc(Cl)cc1NC(=O)c1c[nH]c2cc(Cl)ccc12. The molecule has 0 unspecified atom stereocenters. The first-order valence-electron chi connectivity index (χ1n) is 6.39. The second kappa shape index (κ2) is 5.43. The second-order valence-electron chi connectivity index (χ2n) is 4.81. The summed E-state index contributed by atoms with van der Waals surface area (Å²) in [7, 11) is 0. The van der Waals surface area contributed by atoms with Crippen molar-refractivity contribution in [1.82, 2.24) is 4.98 Å². The van der Waals surface area contributed by atoms with E-state index in [4.69, 9.17) is 23.2 Å². The van der Waals surface area contributed by atoms with Gasteiger partial charge in [-0.2, -0.15) is 0 Å². The fraction of sp³-hybridized carbons (Fsp3) is 0.0625. The zero-order valence-electron chi connectivity index (χ0n) is 11.2. The molecule has 0 radical (unpaired) electrons. The molecule has 5 heteroatoms. The summed E-state index contributed by atoms with van der Waals surface area (Å²) in [5.74, 6) is -0.186. The lowest BCUT2D eigenvalue weighted by molar-refractivity contribution is 0.102. The number of nitrogens with one attached hydrogen (secondary N) is 2. The Labute approximate surface area is 131 Å². The molecule has 0 aliphatic carbocycles. The smallest absolute Gasteiger partial charge is 0.257 e. The van der Waals surface area contributed by atoms with E-state index < -0.39 is 0 Å². The van der Waals surface area contributed by atoms with Gasteiger partial charge >= 0.3 is 0 Å². The van der Waals surface area contributed by atoms with Gasteiger partial charge in [-0.15, -0.1) is 0 Å². The Hall–Kier alpha value is -1.97. The highest BCUT2D eigenvalue weighted by molar-refractivity contribution is 6.31. The maximum atomic E-state index is 12.4. The topological polar surface area (TPSA) is 44.9 Å². The normalized spacial score (nSPS) is 10.8. The summed E-state index contributed by atoms with van der Waals surface area (Å²) >= 11 is 11.9. The molecule has 0 atom stereocenters. The average molecular weight is 319 g/mol. The maximum Gasteiger partial charge on any atom is 0.257 e. The Kier molecular flexibility index (Phi) is 3.62. The number of carbonyl (C=O) groups excluding carboxylic acids is 1. The zero-order chi connectivity index (χ0) is 15.0. The van der Waals surface area contributed by atoms with Gasteiger partial charge in [0.2, 0.25) is 0 Å². The van der Waals surface area contributed by atoms with Crippen molar-refractivity contribution in [2.75, 3.05) is 5.32 Å². The van der Waals surface area contributed by atoms with Gasteiger partial charge in [-0.3, -0.25) is 4.79 Å². The number of amides is 1. The van der Waals surface area contributed by atoms with Gasteiger partial charge in [-0.1, -0.05) is 35.3 Å². The highest BCUT2D eigenvalue weighted by Gasteiger charge is 2.13. The minimum atomic E-state index is -0.186. The van der Waals surface area contributed by atoms with Crippen molar-refractivity contribution in [1.29, 1.82) is 0 Å². The zero-order valence-corrected chi connectivity index (χ0v) is 12.7. The molecule has 3 rings (SSSR count). The Morgan fingerprint density at radius 3 is 2.62 bits per heavy atom. The van der Waals surface area contributed by atoms with Crippen molar-refractivity contribution in [3.63, 3.8) is 0 Å². The van der Waals surface area contributed by atoms with E-state index in [0.29, 0.717) is 21.3 Å². The van der Waals surface area contributed by atoms with Crippen LogP contribution in [0.25, 0.3) is 10.9 Å². The first-order chi connectivity index (χ1) is 10.0. The predicted octanol–water partition coefficient (Wildman–Crippen LogP) is 5.04. The van der Waals surface area contributed by atoms with Crippen LogP contribution in [0.2, 0.25) is 10.0 Å². The molecule has 106 valence electrons. The Balaban J connectivity index is 1.95. The lowest BCUT2D eigenvalue weighted by Crippen LogP contribution is -2.12. The largest absolute Gasteiger partial charge is 0.360 e. The average Bonchev–Trinajstić information content (AvgIpc) is 2.85. The fourth-order valence-corrected chi connectivity index (χ4v) is 2.55. The first kappa shape index (κ1) is 14.0. The van der Waals surface area contributed by atoms with E-state index in [1.165, 1.54) is 0 Å². The molecular formula is C16H12Cl2N2O. The van der Waals surface area contributed by atoms with Crippen LogP contribution in [0.1, 0.15) is 15.9 Å². The monoisotopic (exact) mass is 318 g/mol. The molecule has 0 spiro atoms. The van der Waals surface area contributed by atoms with Gasteiger partial charge in [0, 0.05) is 32.8 Å². The summed E-state index contributed by atoms with van der Waals surface area (Å²) in [5.41, 5.74) is 3.06. The number of hydrogen-bond donors (Lipinski definition) is 2. The molecule has 2 aromatic carbocycles. The third-order valence-electron chi connectivity index (χ3n) is 3.34. The molecule has 0 bridgehead atoms. The van der Waals surface area contributed by atoms with Gasteiger partial charge in [-0.25, -0.2) is 0 Å². The fourth-order valence-electron chi connectivity index (χ4n) is 2.20. The molecular weight excluding hydrogens is 307 g/mol. The number of halogens is 2. The lowest BCUT2D eigenvalue weighted by Gasteiger charge is -2.08. The standard InChI is InChI=1S/C16H12Cl2N2O/c1-9-2-3-10(17)6-14(9)20-16(21)13-8-19-15-7-11(18)4-5-12(13)15/h2-8,19H,1H3,(H,20,21). The van der Waals surface area contributed by atoms with E-state index in [1.807, 2.05) is 19.1 Å². The first-order valence-corrected chi connectivity index (χ1v) is 7.14. The Bertz CT molecular complexity index is 839. The molecule has 1 heterocycles. The third-order valence-corrected chi connectivity index (χ3v) is 3.81. The quantitative estimate of drug-likeness (QED) is 0.683. The number of rotatable bonds is 2. The summed E-state index contributed by atoms with van der Waals surface area (Å²) in [6.07, 6.45) is 1.68. The number of H-pyrrole nitrogens is 1. The molecule has 0 aliphatic heterocycles. The number of aryl methyl sites for hydroxylation is 1. The van der Waals surface area contributed by atoms with Crippen LogP contribution >= 0.6 is 23.2 Å². The highest BCUT2D eigenvalue weighted by Crippen LogP contribution is 2.25. The van der Waals surface area contributed by atoms with Crippen LogP contribution in [0.3, 0.4) is 0 Å². The number of carbonyl (C=O) groups is 1. The van der Waals surface area contributed by atoms with Gasteiger partial charge < -0.3 is 10.3 Å². The summed E-state index contributed by atoms with van der Waals surface area (Å²) in [6.45, 7) is 1.92. The number of hydrogen-bond acceptors (Lipinski definition) is 1. The van der Waals surface area contributed by atoms with Crippen molar-refractivity contribution in [2.24, 2.45) is 0 Å². The summed E-state index contributed by atoms with van der Waals surface area (Å²) in [5, 5.41) is 4.93. The van der Waals surface area contributed by atoms with Crippen LogP contribution < -0.4 is 5.32 Å². The van der Waals surface area contributed by atoms with Crippen molar-refractivity contribution in [3.8, 4) is 0 Å². The third kappa shape index (κ3) is 2.75. The van der Waals surface area contributed by atoms with Crippen LogP contribution in [-0.4, -0.2) is 10.9 Å². The molecule has 21 heavy (non-hydrogen) atoms. The molecule has 0 saturated heterocycles. The van der Waals surface area contributed by atoms with Gasteiger partial charge in [0.1, 0.15) is 0 Å². The van der Waals surface area contributed by atoms with Crippen LogP contribution in [-0.2, 0) is 0 Å². The Morgan fingerprint density at radius 2 is 1.81 bits per heavy atom.